The van der Waals surface area contributed by atoms with E-state index >= 15 is 0 Å². The number of nitriles is 1. The van der Waals surface area contributed by atoms with E-state index in [1.165, 1.54) is 24.1 Å². The van der Waals surface area contributed by atoms with E-state index in [0.717, 1.165) is 25.3 Å². The van der Waals surface area contributed by atoms with Crippen molar-refractivity contribution in [3.63, 3.8) is 0 Å². The Morgan fingerprint density at radius 3 is 2.50 bits per heavy atom. The van der Waals surface area contributed by atoms with Crippen LogP contribution in [0, 0.1) is 11.3 Å². The molecule has 1 saturated heterocycles. The van der Waals surface area contributed by atoms with Gasteiger partial charge in [-0.3, -0.25) is 9.88 Å². The van der Waals surface area contributed by atoms with Crippen molar-refractivity contribution >= 4 is 0 Å². The zero-order valence-corrected chi connectivity index (χ0v) is 14.8. The lowest BCUT2D eigenvalue weighted by Gasteiger charge is -2.29. The summed E-state index contributed by atoms with van der Waals surface area (Å²) in [5.74, 6) is 0. The first-order valence-electron chi connectivity index (χ1n) is 9.14. The van der Waals surface area contributed by atoms with Crippen molar-refractivity contribution in [3.05, 3.63) is 89.5 Å². The van der Waals surface area contributed by atoms with E-state index in [1.54, 1.807) is 0 Å². The predicted molar refractivity (Wildman–Crippen MR) is 102 cm³/mol. The van der Waals surface area contributed by atoms with E-state index in [4.69, 9.17) is 5.26 Å². The molecule has 0 radical (unpaired) electrons. The molecule has 130 valence electrons. The van der Waals surface area contributed by atoms with Crippen LogP contribution in [0.4, 0.5) is 0 Å². The molecule has 4 nitrogen and oxygen atoms in total. The van der Waals surface area contributed by atoms with Crippen LogP contribution in [0.25, 0.3) is 0 Å². The Bertz CT molecular complexity index is 884. The highest BCUT2D eigenvalue weighted by Crippen LogP contribution is 2.32. The number of pyridine rings is 1. The maximum absolute atomic E-state index is 9.10. The highest BCUT2D eigenvalue weighted by Gasteiger charge is 2.27. The number of aromatic nitrogens is 2. The molecular weight excluding hydrogens is 320 g/mol. The third kappa shape index (κ3) is 3.40. The third-order valence-electron chi connectivity index (χ3n) is 5.06. The van der Waals surface area contributed by atoms with E-state index < -0.39 is 0 Å². The average molecular weight is 342 g/mol. The van der Waals surface area contributed by atoms with Crippen LogP contribution in [0.1, 0.15) is 41.4 Å². The van der Waals surface area contributed by atoms with Crippen molar-refractivity contribution in [1.29, 1.82) is 5.26 Å². The summed E-state index contributed by atoms with van der Waals surface area (Å²) in [5.41, 5.74) is 4.29. The van der Waals surface area contributed by atoms with Crippen LogP contribution < -0.4 is 0 Å². The molecular formula is C22H22N4. The van der Waals surface area contributed by atoms with Crippen molar-refractivity contribution in [2.75, 3.05) is 13.1 Å². The van der Waals surface area contributed by atoms with Crippen LogP contribution in [-0.2, 0) is 6.54 Å². The van der Waals surface area contributed by atoms with Crippen molar-refractivity contribution < 1.29 is 0 Å². The summed E-state index contributed by atoms with van der Waals surface area (Å²) in [6.45, 7) is 2.99. The van der Waals surface area contributed by atoms with Crippen molar-refractivity contribution in [1.82, 2.24) is 14.5 Å². The zero-order chi connectivity index (χ0) is 17.8. The van der Waals surface area contributed by atoms with Gasteiger partial charge in [0.15, 0.2) is 0 Å². The first-order valence-corrected chi connectivity index (χ1v) is 9.14. The van der Waals surface area contributed by atoms with Crippen LogP contribution >= 0.6 is 0 Å². The molecule has 0 bridgehead atoms. The number of hydrogen-bond donors (Lipinski definition) is 0. The fourth-order valence-electron chi connectivity index (χ4n) is 3.79. The SMILES string of the molecule is N#Cc1ccc(C(c2cccn2Cc2ccccn2)N2CCCC2)cc1. The maximum atomic E-state index is 9.10. The molecule has 0 saturated carbocycles. The van der Waals surface area contributed by atoms with Gasteiger partial charge in [-0.05, 0) is 67.9 Å². The van der Waals surface area contributed by atoms with Gasteiger partial charge >= 0.3 is 0 Å². The van der Waals surface area contributed by atoms with Gasteiger partial charge in [0, 0.05) is 18.1 Å². The summed E-state index contributed by atoms with van der Waals surface area (Å²) in [7, 11) is 0. The summed E-state index contributed by atoms with van der Waals surface area (Å²) >= 11 is 0. The molecule has 1 fully saturated rings. The van der Waals surface area contributed by atoms with Crippen molar-refractivity contribution in [2.24, 2.45) is 0 Å². The molecule has 3 heterocycles. The Labute approximate surface area is 154 Å². The highest BCUT2D eigenvalue weighted by molar-refractivity contribution is 5.36. The Morgan fingerprint density at radius 1 is 1.00 bits per heavy atom. The van der Waals surface area contributed by atoms with Gasteiger partial charge in [-0.1, -0.05) is 18.2 Å². The molecule has 0 N–H and O–H groups in total. The molecule has 2 aromatic heterocycles. The van der Waals surface area contributed by atoms with Gasteiger partial charge in [0.1, 0.15) is 0 Å². The Hall–Kier alpha value is -2.90. The molecule has 3 aromatic rings. The molecule has 0 aliphatic carbocycles. The van der Waals surface area contributed by atoms with E-state index in [0.29, 0.717) is 5.56 Å². The van der Waals surface area contributed by atoms with Crippen LogP contribution in [-0.4, -0.2) is 27.5 Å². The lowest BCUT2D eigenvalue weighted by molar-refractivity contribution is 0.271. The second-order valence-electron chi connectivity index (χ2n) is 6.76. The normalized spacial score (nSPS) is 15.7. The quantitative estimate of drug-likeness (QED) is 0.704. The van der Waals surface area contributed by atoms with E-state index in [1.807, 2.05) is 30.5 Å². The largest absolute Gasteiger partial charge is 0.344 e. The van der Waals surface area contributed by atoms with Crippen LogP contribution in [0.2, 0.25) is 0 Å². The predicted octanol–water partition coefficient (Wildman–Crippen LogP) is 3.99. The molecule has 4 rings (SSSR count). The monoisotopic (exact) mass is 342 g/mol. The van der Waals surface area contributed by atoms with Crippen molar-refractivity contribution in [2.45, 2.75) is 25.4 Å². The smallest absolute Gasteiger partial charge is 0.0991 e. The Balaban J connectivity index is 1.70. The number of benzene rings is 1. The highest BCUT2D eigenvalue weighted by atomic mass is 15.2. The minimum absolute atomic E-state index is 0.212. The number of likely N-dealkylation sites (tertiary alicyclic amines) is 1. The van der Waals surface area contributed by atoms with Gasteiger partial charge in [0.2, 0.25) is 0 Å². The first-order chi connectivity index (χ1) is 12.8. The minimum atomic E-state index is 0.212. The van der Waals surface area contributed by atoms with Gasteiger partial charge < -0.3 is 4.57 Å². The molecule has 1 aliphatic rings. The van der Waals surface area contributed by atoms with Gasteiger partial charge in [-0.2, -0.15) is 5.26 Å². The maximum Gasteiger partial charge on any atom is 0.0991 e. The molecule has 1 aromatic carbocycles. The Morgan fingerprint density at radius 2 is 1.81 bits per heavy atom. The molecule has 0 amide bonds. The van der Waals surface area contributed by atoms with Crippen LogP contribution in [0.3, 0.4) is 0 Å². The van der Waals surface area contributed by atoms with E-state index in [-0.39, 0.29) is 6.04 Å². The fourth-order valence-corrected chi connectivity index (χ4v) is 3.79. The summed E-state index contributed by atoms with van der Waals surface area (Å²) in [5, 5.41) is 9.10. The lowest BCUT2D eigenvalue weighted by atomic mass is 10.0. The number of hydrogen-bond acceptors (Lipinski definition) is 3. The van der Waals surface area contributed by atoms with Gasteiger partial charge in [0.25, 0.3) is 0 Å². The lowest BCUT2D eigenvalue weighted by Crippen LogP contribution is -2.28. The minimum Gasteiger partial charge on any atom is -0.344 e. The second-order valence-corrected chi connectivity index (χ2v) is 6.76. The molecule has 4 heteroatoms. The molecule has 0 spiro atoms. The summed E-state index contributed by atoms with van der Waals surface area (Å²) in [4.78, 5) is 7.02. The fraction of sp³-hybridized carbons (Fsp3) is 0.273. The standard InChI is InChI=1S/C22H22N4/c23-16-18-8-10-19(11-9-18)22(25-13-3-4-14-25)21-7-5-15-26(21)17-20-6-1-2-12-24-20/h1-2,5-12,15,22H,3-4,13-14,17H2. The molecule has 1 aliphatic heterocycles. The third-order valence-corrected chi connectivity index (χ3v) is 5.06. The van der Waals surface area contributed by atoms with E-state index in [2.05, 4.69) is 57.0 Å². The molecule has 1 unspecified atom stereocenters. The summed E-state index contributed by atoms with van der Waals surface area (Å²) in [6.07, 6.45) is 6.47. The van der Waals surface area contributed by atoms with Crippen LogP contribution in [0.15, 0.2) is 67.0 Å². The number of nitrogens with zero attached hydrogens (tertiary/aromatic N) is 4. The Kier molecular flexibility index (Phi) is 4.81. The first kappa shape index (κ1) is 16.6. The summed E-state index contributed by atoms with van der Waals surface area (Å²) in [6, 6.07) is 20.8. The second kappa shape index (κ2) is 7.55. The van der Waals surface area contributed by atoms with E-state index in [9.17, 15) is 0 Å². The van der Waals surface area contributed by atoms with Gasteiger partial charge in [0.05, 0.1) is 29.9 Å². The number of rotatable bonds is 5. The van der Waals surface area contributed by atoms with Crippen LogP contribution in [0.5, 0.6) is 0 Å². The molecule has 1 atom stereocenters. The summed E-state index contributed by atoms with van der Waals surface area (Å²) < 4.78 is 2.30. The zero-order valence-electron chi connectivity index (χ0n) is 14.8. The topological polar surface area (TPSA) is 44.9 Å². The molecule has 26 heavy (non-hydrogen) atoms. The van der Waals surface area contributed by atoms with Gasteiger partial charge in [-0.15, -0.1) is 0 Å². The van der Waals surface area contributed by atoms with Crippen molar-refractivity contribution in [3.8, 4) is 6.07 Å². The average Bonchev–Trinajstić information content (AvgIpc) is 3.37. The van der Waals surface area contributed by atoms with Gasteiger partial charge in [-0.25, -0.2) is 0 Å².